The number of unbranched alkanes of at least 4 members (excludes halogenated alkanes) is 10. The minimum Gasteiger partial charge on any atom is -0.458 e. The molecule has 0 spiro atoms. The Hall–Kier alpha value is -3.43. The first-order valence-corrected chi connectivity index (χ1v) is 22.4. The van der Waals surface area contributed by atoms with E-state index in [1.807, 2.05) is 0 Å². The number of ether oxygens (including phenoxy) is 1. The number of allylic oxidation sites excluding steroid dienone is 20. The van der Waals surface area contributed by atoms with Gasteiger partial charge in [0.1, 0.15) is 6.10 Å². The number of aliphatic hydroxyl groups is 1. The lowest BCUT2D eigenvalue weighted by atomic mass is 9.67. The molecule has 57 heavy (non-hydrogen) atoms. The molecule has 0 aliphatic heterocycles. The second kappa shape index (κ2) is 26.5. The van der Waals surface area contributed by atoms with Crippen LogP contribution in [0.2, 0.25) is 0 Å². The van der Waals surface area contributed by atoms with Crippen molar-refractivity contribution in [3.63, 3.8) is 0 Å². The average Bonchev–Trinajstić information content (AvgIpc) is 3.11. The molecular weight excluding hydrogens is 697 g/mol. The lowest BCUT2D eigenvalue weighted by Crippen LogP contribution is -2.34. The van der Waals surface area contributed by atoms with Gasteiger partial charge in [0, 0.05) is 12.3 Å². The minimum atomic E-state index is -0.233. The van der Waals surface area contributed by atoms with Crippen LogP contribution in [-0.2, 0) is 9.53 Å². The van der Waals surface area contributed by atoms with E-state index in [0.29, 0.717) is 12.3 Å². The van der Waals surface area contributed by atoms with E-state index >= 15 is 0 Å². The van der Waals surface area contributed by atoms with Crippen LogP contribution in [-0.4, -0.2) is 23.3 Å². The van der Waals surface area contributed by atoms with Gasteiger partial charge in [0.05, 0.1) is 6.10 Å². The van der Waals surface area contributed by atoms with Crippen LogP contribution in [0.4, 0.5) is 0 Å². The summed E-state index contributed by atoms with van der Waals surface area (Å²) in [6, 6.07) is 0. The Morgan fingerprint density at radius 2 is 1.19 bits per heavy atom. The van der Waals surface area contributed by atoms with E-state index in [2.05, 4.69) is 167 Å². The number of esters is 1. The molecule has 2 rings (SSSR count). The monoisotopic (exact) mass is 779 g/mol. The van der Waals surface area contributed by atoms with E-state index in [1.54, 1.807) is 0 Å². The molecule has 0 radical (unpaired) electrons. The fourth-order valence-corrected chi connectivity index (χ4v) is 8.35. The maximum atomic E-state index is 12.7. The molecule has 0 unspecified atom stereocenters. The highest BCUT2D eigenvalue weighted by Crippen LogP contribution is 2.43. The van der Waals surface area contributed by atoms with E-state index < -0.39 is 0 Å². The van der Waals surface area contributed by atoms with Crippen molar-refractivity contribution in [1.29, 1.82) is 0 Å². The SMILES string of the molecule is CCCCCCCCCCCCCC(=O)O[C@H]1C=C(C)[C@H](/C=C/C(C)=C/C=C/C(C)=C/C=C/C=C(C)/C=C/C=C(C)/C=C/C2=C(C)C[C@@H](O)CC2(C)C)C(C)(C)C1. The van der Waals surface area contributed by atoms with Crippen LogP contribution in [0.5, 0.6) is 0 Å². The van der Waals surface area contributed by atoms with Crippen molar-refractivity contribution in [2.24, 2.45) is 16.7 Å². The smallest absolute Gasteiger partial charge is 0.306 e. The van der Waals surface area contributed by atoms with E-state index in [0.717, 1.165) is 32.1 Å². The maximum absolute atomic E-state index is 12.7. The first-order chi connectivity index (χ1) is 27.0. The van der Waals surface area contributed by atoms with Gasteiger partial charge in [-0.05, 0) is 89.7 Å². The Labute approximate surface area is 351 Å². The number of hydrogen-bond acceptors (Lipinski definition) is 3. The molecule has 0 heterocycles. The summed E-state index contributed by atoms with van der Waals surface area (Å²) in [7, 11) is 0. The van der Waals surface area contributed by atoms with Crippen molar-refractivity contribution in [1.82, 2.24) is 0 Å². The highest BCUT2D eigenvalue weighted by atomic mass is 16.5. The normalized spacial score (nSPS) is 22.6. The van der Waals surface area contributed by atoms with Crippen molar-refractivity contribution in [2.45, 2.75) is 185 Å². The predicted octanol–water partition coefficient (Wildman–Crippen LogP) is 15.7. The zero-order valence-electron chi connectivity index (χ0n) is 38.3. The summed E-state index contributed by atoms with van der Waals surface area (Å²) < 4.78 is 5.96. The molecule has 1 N–H and O–H groups in total. The molecule has 2 aliphatic carbocycles. The van der Waals surface area contributed by atoms with Gasteiger partial charge in [-0.3, -0.25) is 4.79 Å². The molecule has 316 valence electrons. The molecule has 0 amide bonds. The Balaban J connectivity index is 1.79. The van der Waals surface area contributed by atoms with Gasteiger partial charge < -0.3 is 9.84 Å². The van der Waals surface area contributed by atoms with Gasteiger partial charge in [0.15, 0.2) is 0 Å². The van der Waals surface area contributed by atoms with Crippen LogP contribution in [0.3, 0.4) is 0 Å². The van der Waals surface area contributed by atoms with E-state index in [1.165, 1.54) is 96.8 Å². The molecule has 0 saturated carbocycles. The molecule has 3 nitrogen and oxygen atoms in total. The first-order valence-electron chi connectivity index (χ1n) is 22.4. The topological polar surface area (TPSA) is 46.5 Å². The molecular formula is C54H82O3. The van der Waals surface area contributed by atoms with Crippen molar-refractivity contribution < 1.29 is 14.6 Å². The second-order valence-corrected chi connectivity index (χ2v) is 18.5. The van der Waals surface area contributed by atoms with Gasteiger partial charge in [-0.1, -0.05) is 217 Å². The van der Waals surface area contributed by atoms with Crippen molar-refractivity contribution in [3.8, 4) is 0 Å². The number of rotatable bonds is 23. The Morgan fingerprint density at radius 1 is 0.702 bits per heavy atom. The van der Waals surface area contributed by atoms with Gasteiger partial charge in [-0.25, -0.2) is 0 Å². The second-order valence-electron chi connectivity index (χ2n) is 18.5. The molecule has 0 bridgehead atoms. The first kappa shape index (κ1) is 49.7. The summed E-state index contributed by atoms with van der Waals surface area (Å²) in [5.74, 6) is 0.257. The summed E-state index contributed by atoms with van der Waals surface area (Å²) in [5.41, 5.74) is 8.68. The molecule has 3 atom stereocenters. The van der Waals surface area contributed by atoms with Crippen LogP contribution in [0.15, 0.2) is 130 Å². The number of hydrogen-bond donors (Lipinski definition) is 1. The van der Waals surface area contributed by atoms with Gasteiger partial charge in [-0.2, -0.15) is 0 Å². The highest BCUT2D eigenvalue weighted by molar-refractivity contribution is 5.69. The molecule has 0 fully saturated rings. The molecule has 0 saturated heterocycles. The summed E-state index contributed by atoms with van der Waals surface area (Å²) in [5, 5.41) is 10.2. The predicted molar refractivity (Wildman–Crippen MR) is 249 cm³/mol. The fourth-order valence-electron chi connectivity index (χ4n) is 8.35. The van der Waals surface area contributed by atoms with Gasteiger partial charge in [0.2, 0.25) is 0 Å². The zero-order valence-corrected chi connectivity index (χ0v) is 38.3. The van der Waals surface area contributed by atoms with E-state index in [-0.39, 0.29) is 29.0 Å². The summed E-state index contributed by atoms with van der Waals surface area (Å²) in [6.07, 6.45) is 49.0. The maximum Gasteiger partial charge on any atom is 0.306 e. The van der Waals surface area contributed by atoms with Crippen LogP contribution in [0.1, 0.15) is 172 Å². The van der Waals surface area contributed by atoms with Crippen molar-refractivity contribution in [2.75, 3.05) is 0 Å². The Morgan fingerprint density at radius 3 is 1.72 bits per heavy atom. The fraction of sp³-hybridized carbons (Fsp3) is 0.574. The lowest BCUT2D eigenvalue weighted by Gasteiger charge is -2.40. The standard InChI is InChI=1S/C54H82O3/c1-12-13-14-15-16-17-18-19-20-21-22-33-52(56)57-49-39-47(7)51(54(10,11)41-49)37-35-45(5)32-26-30-43(3)28-24-23-27-42(2)29-25-31-44(4)34-36-50-46(6)38-48(55)40-53(50,8)9/h23-32,34-37,39,48-49,51,55H,12-22,33,38,40-41H2,1-11H3/b24-23+,29-25+,30-26+,36-34+,37-35+,42-27+,43-28+,44-31+,45-32+/t48-,49+,51+/m1/s1. The van der Waals surface area contributed by atoms with Crippen LogP contribution in [0, 0.1) is 16.7 Å². The summed E-state index contributed by atoms with van der Waals surface area (Å²) >= 11 is 0. The Bertz CT molecular complexity index is 1590. The molecule has 3 heteroatoms. The van der Waals surface area contributed by atoms with E-state index in [4.69, 9.17) is 4.74 Å². The molecule has 0 aromatic carbocycles. The zero-order chi connectivity index (χ0) is 42.3. The van der Waals surface area contributed by atoms with Gasteiger partial charge in [-0.15, -0.1) is 0 Å². The van der Waals surface area contributed by atoms with Crippen LogP contribution >= 0.6 is 0 Å². The van der Waals surface area contributed by atoms with Crippen molar-refractivity contribution >= 4 is 5.97 Å². The highest BCUT2D eigenvalue weighted by Gasteiger charge is 2.36. The molecule has 0 aromatic heterocycles. The van der Waals surface area contributed by atoms with Crippen molar-refractivity contribution in [3.05, 3.63) is 130 Å². The van der Waals surface area contributed by atoms with E-state index in [9.17, 15) is 9.90 Å². The minimum absolute atomic E-state index is 0.00266. The van der Waals surface area contributed by atoms with Gasteiger partial charge >= 0.3 is 5.97 Å². The van der Waals surface area contributed by atoms with Crippen LogP contribution in [0.25, 0.3) is 0 Å². The van der Waals surface area contributed by atoms with Gasteiger partial charge in [0.25, 0.3) is 0 Å². The Kier molecular flexibility index (Phi) is 23.2. The quantitative estimate of drug-likeness (QED) is 0.0486. The largest absolute Gasteiger partial charge is 0.458 e. The summed E-state index contributed by atoms with van der Waals surface area (Å²) in [4.78, 5) is 12.7. The third-order valence-corrected chi connectivity index (χ3v) is 11.6. The summed E-state index contributed by atoms with van der Waals surface area (Å²) in [6.45, 7) is 24.1. The third kappa shape index (κ3) is 20.7. The number of carbonyl (C=O) groups excluding carboxylic acids is 1. The lowest BCUT2D eigenvalue weighted by molar-refractivity contribution is -0.148. The number of aliphatic hydroxyl groups excluding tert-OH is 1. The molecule has 2 aliphatic rings. The third-order valence-electron chi connectivity index (χ3n) is 11.6. The van der Waals surface area contributed by atoms with Crippen LogP contribution < -0.4 is 0 Å². The molecule has 0 aromatic rings. The average molecular weight is 779 g/mol. The number of carbonyl (C=O) groups is 1.